The maximum Gasteiger partial charge on any atom is 0.341 e. The van der Waals surface area contributed by atoms with Crippen molar-refractivity contribution in [3.8, 4) is 5.75 Å². The number of hydrogen-bond acceptors (Lipinski definition) is 4. The number of ether oxygens (including phenoxy) is 2. The van der Waals surface area contributed by atoms with Gasteiger partial charge in [-0.2, -0.15) is 0 Å². The Kier molecular flexibility index (Phi) is 5.44. The molecule has 0 aliphatic heterocycles. The molecule has 1 atom stereocenters. The van der Waals surface area contributed by atoms with E-state index in [2.05, 4.69) is 0 Å². The van der Waals surface area contributed by atoms with E-state index in [1.807, 2.05) is 48.5 Å². The van der Waals surface area contributed by atoms with Crippen LogP contribution in [-0.2, 0) is 4.74 Å². The van der Waals surface area contributed by atoms with E-state index in [0.29, 0.717) is 16.5 Å². The summed E-state index contributed by atoms with van der Waals surface area (Å²) in [5.41, 5.74) is 8.35. The van der Waals surface area contributed by atoms with Crippen molar-refractivity contribution in [1.29, 1.82) is 0 Å². The Hall–Kier alpha value is -2.98. The van der Waals surface area contributed by atoms with Crippen LogP contribution in [-0.4, -0.2) is 13.1 Å². The van der Waals surface area contributed by atoms with Crippen molar-refractivity contribution >= 4 is 23.3 Å². The number of rotatable bonds is 5. The standard InChI is InChI=1S/C21H18ClNO3/c1-25-21(24)18-13-17(23)10-11-19(18)26-20(14-6-3-2-4-7-14)15-8-5-9-16(22)12-15/h2-13,20H,23H2,1H3. The van der Waals surface area contributed by atoms with Crippen molar-refractivity contribution in [2.24, 2.45) is 0 Å². The number of esters is 1. The highest BCUT2D eigenvalue weighted by Crippen LogP contribution is 2.32. The van der Waals surface area contributed by atoms with Gasteiger partial charge >= 0.3 is 5.97 Å². The van der Waals surface area contributed by atoms with Gasteiger partial charge in [0.15, 0.2) is 0 Å². The predicted molar refractivity (Wildman–Crippen MR) is 103 cm³/mol. The molecule has 0 spiro atoms. The van der Waals surface area contributed by atoms with E-state index in [1.54, 1.807) is 24.3 Å². The van der Waals surface area contributed by atoms with Crippen LogP contribution in [0.2, 0.25) is 5.02 Å². The lowest BCUT2D eigenvalue weighted by atomic mass is 10.0. The van der Waals surface area contributed by atoms with Gasteiger partial charge in [-0.3, -0.25) is 0 Å². The summed E-state index contributed by atoms with van der Waals surface area (Å²) in [4.78, 5) is 12.1. The Morgan fingerprint density at radius 1 is 0.962 bits per heavy atom. The van der Waals surface area contributed by atoms with Crippen LogP contribution in [0.1, 0.15) is 27.6 Å². The van der Waals surface area contributed by atoms with Gasteiger partial charge in [0.25, 0.3) is 0 Å². The molecule has 3 aromatic rings. The van der Waals surface area contributed by atoms with Gasteiger partial charge in [-0.15, -0.1) is 0 Å². The fraction of sp³-hybridized carbons (Fsp3) is 0.0952. The van der Waals surface area contributed by atoms with Crippen molar-refractivity contribution in [3.05, 3.63) is 94.5 Å². The number of hydrogen-bond donors (Lipinski definition) is 1. The number of anilines is 1. The molecule has 0 fully saturated rings. The molecule has 0 saturated heterocycles. The van der Waals surface area contributed by atoms with Crippen LogP contribution in [0.5, 0.6) is 5.75 Å². The zero-order valence-corrected chi connectivity index (χ0v) is 14.9. The molecule has 4 nitrogen and oxygen atoms in total. The van der Waals surface area contributed by atoms with Crippen LogP contribution >= 0.6 is 11.6 Å². The summed E-state index contributed by atoms with van der Waals surface area (Å²) in [7, 11) is 1.32. The van der Waals surface area contributed by atoms with E-state index < -0.39 is 12.1 Å². The number of benzene rings is 3. The van der Waals surface area contributed by atoms with Crippen molar-refractivity contribution < 1.29 is 14.3 Å². The Labute approximate surface area is 157 Å². The number of halogens is 1. The molecule has 0 aliphatic rings. The average Bonchev–Trinajstić information content (AvgIpc) is 2.67. The van der Waals surface area contributed by atoms with Crippen LogP contribution in [0.15, 0.2) is 72.8 Å². The smallest absolute Gasteiger partial charge is 0.341 e. The van der Waals surface area contributed by atoms with Crippen LogP contribution in [0.25, 0.3) is 0 Å². The minimum absolute atomic E-state index is 0.274. The van der Waals surface area contributed by atoms with Gasteiger partial charge in [0.05, 0.1) is 7.11 Å². The Bertz CT molecular complexity index is 912. The van der Waals surface area contributed by atoms with Crippen molar-refractivity contribution in [2.75, 3.05) is 12.8 Å². The monoisotopic (exact) mass is 367 g/mol. The van der Waals surface area contributed by atoms with Gasteiger partial charge in [0.2, 0.25) is 0 Å². The molecule has 2 N–H and O–H groups in total. The molecule has 3 aromatic carbocycles. The predicted octanol–water partition coefficient (Wildman–Crippen LogP) is 4.88. The Balaban J connectivity index is 2.06. The zero-order chi connectivity index (χ0) is 18.5. The number of nitrogen functional groups attached to an aromatic ring is 1. The third-order valence-electron chi connectivity index (χ3n) is 3.91. The molecule has 0 amide bonds. The summed E-state index contributed by atoms with van der Waals surface area (Å²) in [5, 5.41) is 0.609. The molecule has 0 bridgehead atoms. The molecular formula is C21H18ClNO3. The van der Waals surface area contributed by atoms with Gasteiger partial charge in [-0.05, 0) is 41.5 Å². The number of carbonyl (C=O) groups excluding carboxylic acids is 1. The second-order valence-electron chi connectivity index (χ2n) is 5.71. The lowest BCUT2D eigenvalue weighted by Crippen LogP contribution is -2.13. The second kappa shape index (κ2) is 7.93. The number of nitrogens with two attached hydrogens (primary N) is 1. The topological polar surface area (TPSA) is 61.5 Å². The van der Waals surface area contributed by atoms with Crippen LogP contribution in [0.3, 0.4) is 0 Å². The first kappa shape index (κ1) is 17.8. The van der Waals surface area contributed by atoms with E-state index in [4.69, 9.17) is 26.8 Å². The molecule has 0 aliphatic carbocycles. The zero-order valence-electron chi connectivity index (χ0n) is 14.2. The molecule has 0 aromatic heterocycles. The quantitative estimate of drug-likeness (QED) is 0.516. The van der Waals surface area contributed by atoms with Gasteiger partial charge < -0.3 is 15.2 Å². The average molecular weight is 368 g/mol. The number of carbonyl (C=O) groups is 1. The summed E-state index contributed by atoms with van der Waals surface area (Å²) < 4.78 is 11.1. The van der Waals surface area contributed by atoms with E-state index in [1.165, 1.54) is 7.11 Å². The summed E-state index contributed by atoms with van der Waals surface area (Å²) in [5.74, 6) is -0.120. The second-order valence-corrected chi connectivity index (χ2v) is 6.15. The number of methoxy groups -OCH3 is 1. The summed E-state index contributed by atoms with van der Waals surface area (Å²) in [6, 6.07) is 22.0. The molecule has 5 heteroatoms. The minimum atomic E-state index is -0.509. The lowest BCUT2D eigenvalue weighted by molar-refractivity contribution is 0.0594. The van der Waals surface area contributed by atoms with Crippen molar-refractivity contribution in [1.82, 2.24) is 0 Å². The Morgan fingerprint density at radius 3 is 2.38 bits per heavy atom. The Morgan fingerprint density at radius 2 is 1.69 bits per heavy atom. The summed E-state index contributed by atoms with van der Waals surface area (Å²) >= 11 is 6.16. The van der Waals surface area contributed by atoms with Gasteiger partial charge in [0.1, 0.15) is 17.4 Å². The van der Waals surface area contributed by atoms with E-state index in [0.717, 1.165) is 11.1 Å². The molecule has 0 heterocycles. The highest BCUT2D eigenvalue weighted by molar-refractivity contribution is 6.30. The maximum absolute atomic E-state index is 12.1. The van der Waals surface area contributed by atoms with Gasteiger partial charge in [0, 0.05) is 10.7 Å². The van der Waals surface area contributed by atoms with Crippen LogP contribution in [0.4, 0.5) is 5.69 Å². The summed E-state index contributed by atoms with van der Waals surface area (Å²) in [6.45, 7) is 0. The van der Waals surface area contributed by atoms with E-state index in [9.17, 15) is 4.79 Å². The van der Waals surface area contributed by atoms with Crippen LogP contribution < -0.4 is 10.5 Å². The van der Waals surface area contributed by atoms with Crippen molar-refractivity contribution in [2.45, 2.75) is 6.10 Å². The SMILES string of the molecule is COC(=O)c1cc(N)ccc1OC(c1ccccc1)c1cccc(Cl)c1. The summed E-state index contributed by atoms with van der Waals surface area (Å²) in [6.07, 6.45) is -0.443. The highest BCUT2D eigenvalue weighted by atomic mass is 35.5. The van der Waals surface area contributed by atoms with Gasteiger partial charge in [-0.25, -0.2) is 4.79 Å². The van der Waals surface area contributed by atoms with E-state index >= 15 is 0 Å². The molecular weight excluding hydrogens is 350 g/mol. The lowest BCUT2D eigenvalue weighted by Gasteiger charge is -2.22. The fourth-order valence-electron chi connectivity index (χ4n) is 2.67. The van der Waals surface area contributed by atoms with Crippen molar-refractivity contribution in [3.63, 3.8) is 0 Å². The molecule has 1 unspecified atom stereocenters. The molecule has 26 heavy (non-hydrogen) atoms. The molecule has 0 saturated carbocycles. The first-order chi connectivity index (χ1) is 12.6. The molecule has 0 radical (unpaired) electrons. The molecule has 132 valence electrons. The fourth-order valence-corrected chi connectivity index (χ4v) is 2.87. The van der Waals surface area contributed by atoms with Crippen LogP contribution in [0, 0.1) is 0 Å². The largest absolute Gasteiger partial charge is 0.480 e. The van der Waals surface area contributed by atoms with E-state index in [-0.39, 0.29) is 5.56 Å². The normalized spacial score (nSPS) is 11.6. The third kappa shape index (κ3) is 3.98. The highest BCUT2D eigenvalue weighted by Gasteiger charge is 2.21. The maximum atomic E-state index is 12.1. The first-order valence-corrected chi connectivity index (χ1v) is 8.41. The third-order valence-corrected chi connectivity index (χ3v) is 4.14. The minimum Gasteiger partial charge on any atom is -0.480 e. The van der Waals surface area contributed by atoms with Gasteiger partial charge in [-0.1, -0.05) is 54.1 Å². The first-order valence-electron chi connectivity index (χ1n) is 8.03. The molecule has 3 rings (SSSR count).